The van der Waals surface area contributed by atoms with Crippen LogP contribution in [-0.2, 0) is 9.53 Å². The summed E-state index contributed by atoms with van der Waals surface area (Å²) in [6.45, 7) is 4.56. The summed E-state index contributed by atoms with van der Waals surface area (Å²) in [5.41, 5.74) is 1.98. The van der Waals surface area contributed by atoms with Crippen molar-refractivity contribution in [2.75, 3.05) is 13.7 Å². The molecular weight excluding hydrogens is 284 g/mol. The Bertz CT molecular complexity index is 583. The Hall–Kier alpha value is -1.72. The van der Waals surface area contributed by atoms with Gasteiger partial charge in [0.1, 0.15) is 5.01 Å². The maximum Gasteiger partial charge on any atom is 0.314 e. The van der Waals surface area contributed by atoms with E-state index in [0.717, 1.165) is 16.3 Å². The van der Waals surface area contributed by atoms with Gasteiger partial charge < -0.3 is 10.1 Å². The normalized spacial score (nSPS) is 13.7. The highest BCUT2D eigenvalue weighted by atomic mass is 32.1. The van der Waals surface area contributed by atoms with Crippen LogP contribution in [0.15, 0.2) is 35.7 Å². The minimum absolute atomic E-state index is 0.111. The fourth-order valence-corrected chi connectivity index (χ4v) is 2.95. The van der Waals surface area contributed by atoms with Crippen molar-refractivity contribution in [2.24, 2.45) is 0 Å². The second kappa shape index (κ2) is 7.33. The molecule has 0 fully saturated rings. The van der Waals surface area contributed by atoms with Crippen LogP contribution < -0.4 is 5.32 Å². The highest BCUT2D eigenvalue weighted by molar-refractivity contribution is 7.09. The number of thiazole rings is 1. The Labute approximate surface area is 129 Å². The third kappa shape index (κ3) is 4.12. The van der Waals surface area contributed by atoms with Crippen molar-refractivity contribution >= 4 is 17.3 Å². The van der Waals surface area contributed by atoms with Gasteiger partial charge in [-0.15, -0.1) is 11.3 Å². The van der Waals surface area contributed by atoms with Gasteiger partial charge in [0.25, 0.3) is 0 Å². The maximum absolute atomic E-state index is 12.0. The Morgan fingerprint density at radius 1 is 1.38 bits per heavy atom. The number of aryl methyl sites for hydroxylation is 1. The van der Waals surface area contributed by atoms with Crippen molar-refractivity contribution in [3.05, 3.63) is 52.0 Å². The summed E-state index contributed by atoms with van der Waals surface area (Å²) in [4.78, 5) is 16.5. The number of carbonyl (C=O) groups excluding carboxylic acids is 1. The van der Waals surface area contributed by atoms with E-state index in [4.69, 9.17) is 4.74 Å². The van der Waals surface area contributed by atoms with Gasteiger partial charge in [0, 0.05) is 17.6 Å². The van der Waals surface area contributed by atoms with Gasteiger partial charge >= 0.3 is 5.97 Å². The Kier molecular flexibility index (Phi) is 5.47. The number of carbonyl (C=O) groups is 1. The van der Waals surface area contributed by atoms with Crippen LogP contribution in [-0.4, -0.2) is 24.6 Å². The number of aromatic nitrogens is 1. The van der Waals surface area contributed by atoms with E-state index >= 15 is 0 Å². The van der Waals surface area contributed by atoms with Gasteiger partial charge in [-0.3, -0.25) is 4.79 Å². The fourth-order valence-electron chi connectivity index (χ4n) is 2.12. The predicted molar refractivity (Wildman–Crippen MR) is 84.5 cm³/mol. The molecular formula is C16H20N2O2S. The van der Waals surface area contributed by atoms with Crippen LogP contribution in [0.3, 0.4) is 0 Å². The Morgan fingerprint density at radius 2 is 2.10 bits per heavy atom. The molecule has 2 unspecified atom stereocenters. The molecule has 112 valence electrons. The minimum atomic E-state index is -0.306. The summed E-state index contributed by atoms with van der Waals surface area (Å²) in [6.07, 6.45) is 0. The topological polar surface area (TPSA) is 51.2 Å². The Morgan fingerprint density at radius 3 is 2.67 bits per heavy atom. The average Bonchev–Trinajstić information content (AvgIpc) is 2.94. The molecule has 0 radical (unpaired) electrons. The van der Waals surface area contributed by atoms with E-state index in [1.165, 1.54) is 7.11 Å². The van der Waals surface area contributed by atoms with E-state index in [-0.39, 0.29) is 17.9 Å². The van der Waals surface area contributed by atoms with Gasteiger partial charge in [0.15, 0.2) is 0 Å². The van der Waals surface area contributed by atoms with Crippen LogP contribution in [0.1, 0.15) is 35.1 Å². The molecule has 5 heteroatoms. The second-order valence-corrected chi connectivity index (χ2v) is 5.83. The summed E-state index contributed by atoms with van der Waals surface area (Å²) in [5.74, 6) is -0.532. The molecule has 1 heterocycles. The van der Waals surface area contributed by atoms with Gasteiger partial charge in [-0.25, -0.2) is 4.98 Å². The molecule has 2 aromatic rings. The first-order chi connectivity index (χ1) is 10.1. The number of benzene rings is 1. The highest BCUT2D eigenvalue weighted by Crippen LogP contribution is 2.20. The standard InChI is InChI=1S/C16H20N2O2S/c1-11-10-21-15(18-11)12(2)17-9-14(16(19)20-3)13-7-5-4-6-8-13/h4-8,10,12,14,17H,9H2,1-3H3. The van der Waals surface area contributed by atoms with E-state index in [1.54, 1.807) is 11.3 Å². The summed E-state index contributed by atoms with van der Waals surface area (Å²) >= 11 is 1.63. The van der Waals surface area contributed by atoms with Crippen molar-refractivity contribution in [3.8, 4) is 0 Å². The molecule has 0 aliphatic heterocycles. The van der Waals surface area contributed by atoms with E-state index < -0.39 is 0 Å². The number of methoxy groups -OCH3 is 1. The SMILES string of the molecule is COC(=O)C(CNC(C)c1nc(C)cs1)c1ccccc1. The van der Waals surface area contributed by atoms with Gasteiger partial charge in [-0.2, -0.15) is 0 Å². The molecule has 1 aromatic heterocycles. The quantitative estimate of drug-likeness (QED) is 0.833. The lowest BCUT2D eigenvalue weighted by Gasteiger charge is -2.18. The van der Waals surface area contributed by atoms with E-state index in [0.29, 0.717) is 6.54 Å². The summed E-state index contributed by atoms with van der Waals surface area (Å²) in [5, 5.41) is 6.44. The van der Waals surface area contributed by atoms with Crippen molar-refractivity contribution in [1.29, 1.82) is 0 Å². The zero-order valence-electron chi connectivity index (χ0n) is 12.5. The maximum atomic E-state index is 12.0. The number of rotatable bonds is 6. The molecule has 0 aliphatic carbocycles. The molecule has 0 aliphatic rings. The van der Waals surface area contributed by atoms with Crippen molar-refractivity contribution in [3.63, 3.8) is 0 Å². The van der Waals surface area contributed by atoms with Gasteiger partial charge in [-0.05, 0) is 19.4 Å². The van der Waals surface area contributed by atoms with Crippen molar-refractivity contribution < 1.29 is 9.53 Å². The molecule has 2 atom stereocenters. The zero-order chi connectivity index (χ0) is 15.2. The van der Waals surface area contributed by atoms with Crippen LogP contribution in [0.2, 0.25) is 0 Å². The Balaban J connectivity index is 2.04. The van der Waals surface area contributed by atoms with Crippen molar-refractivity contribution in [2.45, 2.75) is 25.8 Å². The minimum Gasteiger partial charge on any atom is -0.469 e. The molecule has 0 saturated heterocycles. The number of esters is 1. The molecule has 4 nitrogen and oxygen atoms in total. The summed E-state index contributed by atoms with van der Waals surface area (Å²) in [7, 11) is 1.42. The average molecular weight is 304 g/mol. The van der Waals surface area contributed by atoms with Crippen LogP contribution in [0, 0.1) is 6.92 Å². The molecule has 0 amide bonds. The number of hydrogen-bond acceptors (Lipinski definition) is 5. The third-order valence-electron chi connectivity index (χ3n) is 3.32. The predicted octanol–water partition coefficient (Wildman–Crippen LogP) is 3.06. The monoisotopic (exact) mass is 304 g/mol. The lowest BCUT2D eigenvalue weighted by atomic mass is 9.99. The number of nitrogens with one attached hydrogen (secondary N) is 1. The molecule has 21 heavy (non-hydrogen) atoms. The van der Waals surface area contributed by atoms with Crippen LogP contribution in [0.4, 0.5) is 0 Å². The lowest BCUT2D eigenvalue weighted by Crippen LogP contribution is -2.29. The highest BCUT2D eigenvalue weighted by Gasteiger charge is 2.22. The molecule has 2 rings (SSSR count). The van der Waals surface area contributed by atoms with Crippen LogP contribution >= 0.6 is 11.3 Å². The summed E-state index contributed by atoms with van der Waals surface area (Å²) < 4.78 is 4.92. The van der Waals surface area contributed by atoms with Crippen molar-refractivity contribution in [1.82, 2.24) is 10.3 Å². The lowest BCUT2D eigenvalue weighted by molar-refractivity contribution is -0.142. The molecule has 1 aromatic carbocycles. The fraction of sp³-hybridized carbons (Fsp3) is 0.375. The third-order valence-corrected chi connectivity index (χ3v) is 4.47. The molecule has 0 saturated carbocycles. The number of hydrogen-bond donors (Lipinski definition) is 1. The molecule has 0 spiro atoms. The van der Waals surface area contributed by atoms with Gasteiger partial charge in [0.2, 0.25) is 0 Å². The van der Waals surface area contributed by atoms with Gasteiger partial charge in [0.05, 0.1) is 19.1 Å². The van der Waals surface area contributed by atoms with E-state index in [2.05, 4.69) is 17.2 Å². The zero-order valence-corrected chi connectivity index (χ0v) is 13.3. The second-order valence-electron chi connectivity index (χ2n) is 4.94. The van der Waals surface area contributed by atoms with Crippen LogP contribution in [0.25, 0.3) is 0 Å². The first-order valence-electron chi connectivity index (χ1n) is 6.90. The first kappa shape index (κ1) is 15.7. The largest absolute Gasteiger partial charge is 0.469 e. The summed E-state index contributed by atoms with van der Waals surface area (Å²) in [6, 6.07) is 9.80. The molecule has 1 N–H and O–H groups in total. The smallest absolute Gasteiger partial charge is 0.314 e. The van der Waals surface area contributed by atoms with E-state index in [1.807, 2.05) is 42.6 Å². The number of ether oxygens (including phenoxy) is 1. The van der Waals surface area contributed by atoms with Crippen LogP contribution in [0.5, 0.6) is 0 Å². The first-order valence-corrected chi connectivity index (χ1v) is 7.78. The number of nitrogens with zero attached hydrogens (tertiary/aromatic N) is 1. The van der Waals surface area contributed by atoms with E-state index in [9.17, 15) is 4.79 Å². The molecule has 0 bridgehead atoms. The van der Waals surface area contributed by atoms with Gasteiger partial charge in [-0.1, -0.05) is 30.3 Å².